The second kappa shape index (κ2) is 9.36. The first kappa shape index (κ1) is 22.6. The van der Waals surface area contributed by atoms with E-state index in [9.17, 15) is 22.4 Å². The van der Waals surface area contributed by atoms with Gasteiger partial charge in [-0.3, -0.25) is 4.79 Å². The van der Waals surface area contributed by atoms with Crippen molar-refractivity contribution in [1.82, 2.24) is 15.2 Å². The Morgan fingerprint density at radius 3 is 2.50 bits per heavy atom. The van der Waals surface area contributed by atoms with Crippen molar-refractivity contribution in [3.8, 4) is 11.8 Å². The summed E-state index contributed by atoms with van der Waals surface area (Å²) in [6.45, 7) is 0.905. The summed E-state index contributed by atoms with van der Waals surface area (Å²) in [5.41, 5.74) is 0.386. The van der Waals surface area contributed by atoms with Gasteiger partial charge in [0, 0.05) is 12.6 Å². The van der Waals surface area contributed by atoms with Crippen molar-refractivity contribution in [2.24, 2.45) is 5.92 Å². The molecule has 0 radical (unpaired) electrons. The Morgan fingerprint density at radius 1 is 1.23 bits per heavy atom. The van der Waals surface area contributed by atoms with Crippen LogP contribution in [0.15, 0.2) is 6.07 Å². The molecule has 1 unspecified atom stereocenters. The first-order chi connectivity index (χ1) is 14.2. The molecule has 1 aromatic heterocycles. The van der Waals surface area contributed by atoms with Crippen molar-refractivity contribution in [1.29, 1.82) is 0 Å². The fourth-order valence-electron chi connectivity index (χ4n) is 4.03. The third-order valence-corrected chi connectivity index (χ3v) is 5.73. The fraction of sp³-hybridized carbons (Fsp3) is 0.700. The highest BCUT2D eigenvalue weighted by atomic mass is 19.4. The van der Waals surface area contributed by atoms with Crippen LogP contribution in [0.25, 0.3) is 0 Å². The third-order valence-electron chi connectivity index (χ3n) is 5.73. The number of halogens is 4. The average Bonchev–Trinajstić information content (AvgIpc) is 3.23. The van der Waals surface area contributed by atoms with Gasteiger partial charge in [0.15, 0.2) is 5.82 Å². The van der Waals surface area contributed by atoms with Gasteiger partial charge >= 0.3 is 6.18 Å². The van der Waals surface area contributed by atoms with Crippen LogP contribution in [0.5, 0.6) is 11.8 Å². The topological polar surface area (TPSA) is 63.7 Å². The van der Waals surface area contributed by atoms with Crippen LogP contribution in [0, 0.1) is 11.7 Å². The van der Waals surface area contributed by atoms with Crippen molar-refractivity contribution >= 4 is 5.91 Å². The maximum absolute atomic E-state index is 14.6. The van der Waals surface area contributed by atoms with Crippen LogP contribution in [0.1, 0.15) is 44.1 Å². The number of methoxy groups -OCH3 is 1. The molecule has 2 aliphatic rings. The molecule has 10 heteroatoms. The normalized spacial score (nSPS) is 24.5. The Bertz CT molecular complexity index is 746. The fourth-order valence-corrected chi connectivity index (χ4v) is 4.03. The summed E-state index contributed by atoms with van der Waals surface area (Å²) in [4.78, 5) is 18.0. The number of nitrogens with one attached hydrogen (secondary N) is 1. The van der Waals surface area contributed by atoms with Crippen molar-refractivity contribution in [3.05, 3.63) is 17.4 Å². The molecule has 2 fully saturated rings. The Morgan fingerprint density at radius 2 is 1.93 bits per heavy atom. The van der Waals surface area contributed by atoms with Crippen LogP contribution in [0.4, 0.5) is 17.6 Å². The van der Waals surface area contributed by atoms with Crippen molar-refractivity contribution in [3.63, 3.8) is 0 Å². The molecular formula is C20H27F4N3O3. The zero-order valence-corrected chi connectivity index (χ0v) is 17.1. The predicted octanol–water partition coefficient (Wildman–Crippen LogP) is 3.44. The number of carbonyl (C=O) groups is 1. The number of hydrogen-bond donors (Lipinski definition) is 1. The highest BCUT2D eigenvalue weighted by Crippen LogP contribution is 2.38. The highest BCUT2D eigenvalue weighted by molar-refractivity contribution is 5.82. The molecule has 168 valence electrons. The van der Waals surface area contributed by atoms with Gasteiger partial charge in [-0.05, 0) is 51.1 Å². The van der Waals surface area contributed by atoms with Gasteiger partial charge in [0.2, 0.25) is 11.8 Å². The van der Waals surface area contributed by atoms with Gasteiger partial charge in [-0.1, -0.05) is 0 Å². The van der Waals surface area contributed by atoms with E-state index in [1.54, 1.807) is 7.05 Å². The summed E-state index contributed by atoms with van der Waals surface area (Å²) in [5, 5.41) is 3.13. The van der Waals surface area contributed by atoms with Crippen LogP contribution in [-0.2, 0) is 11.3 Å². The number of ether oxygens (including phenoxy) is 2. The molecule has 1 saturated carbocycles. The summed E-state index contributed by atoms with van der Waals surface area (Å²) in [6.07, 6.45) is -2.78. The molecule has 1 atom stereocenters. The standard InChI is InChI=1S/C20H27F4N3O3/c1-27(19(28)16-4-3-9-25-16)11-12-10-15(21)18(26-17(12)29-2)30-14-7-5-13(6-8-14)20(22,23)24/h10,13-14,16,25H,3-9,11H2,1-2H3. The summed E-state index contributed by atoms with van der Waals surface area (Å²) in [6, 6.07) is 0.960. The van der Waals surface area contributed by atoms with Gasteiger partial charge in [-0.15, -0.1) is 0 Å². The minimum atomic E-state index is -4.21. The molecule has 0 spiro atoms. The molecule has 1 aliphatic heterocycles. The largest absolute Gasteiger partial charge is 0.481 e. The van der Waals surface area contributed by atoms with Crippen molar-refractivity contribution < 1.29 is 31.8 Å². The Kier molecular flexibility index (Phi) is 7.05. The number of aromatic nitrogens is 1. The summed E-state index contributed by atoms with van der Waals surface area (Å²) in [7, 11) is 3.01. The quantitative estimate of drug-likeness (QED) is 0.697. The van der Waals surface area contributed by atoms with E-state index < -0.39 is 24.0 Å². The lowest BCUT2D eigenvalue weighted by Gasteiger charge is -2.30. The Balaban J connectivity index is 1.64. The molecular weight excluding hydrogens is 406 g/mol. The summed E-state index contributed by atoms with van der Waals surface area (Å²) < 4.78 is 63.8. The second-order valence-corrected chi connectivity index (χ2v) is 7.92. The van der Waals surface area contributed by atoms with E-state index in [1.807, 2.05) is 0 Å². The number of hydrogen-bond acceptors (Lipinski definition) is 5. The van der Waals surface area contributed by atoms with Crippen molar-refractivity contribution in [2.45, 2.75) is 63.4 Å². The lowest BCUT2D eigenvalue weighted by Crippen LogP contribution is -2.41. The number of rotatable bonds is 6. The molecule has 30 heavy (non-hydrogen) atoms. The highest BCUT2D eigenvalue weighted by Gasteiger charge is 2.42. The first-order valence-corrected chi connectivity index (χ1v) is 10.1. The third kappa shape index (κ3) is 5.33. The van der Waals surface area contributed by atoms with Crippen LogP contribution in [-0.4, -0.2) is 54.8 Å². The van der Waals surface area contributed by atoms with Gasteiger partial charge in [-0.25, -0.2) is 4.39 Å². The summed E-state index contributed by atoms with van der Waals surface area (Å²) >= 11 is 0. The molecule has 6 nitrogen and oxygen atoms in total. The monoisotopic (exact) mass is 433 g/mol. The van der Waals surface area contributed by atoms with Gasteiger partial charge < -0.3 is 19.7 Å². The SMILES string of the molecule is COc1nc(OC2CCC(C(F)(F)F)CC2)c(F)cc1CN(C)C(=O)C1CCCN1. The van der Waals surface area contributed by atoms with Crippen molar-refractivity contribution in [2.75, 3.05) is 20.7 Å². The average molecular weight is 433 g/mol. The molecule has 0 bridgehead atoms. The zero-order valence-electron chi connectivity index (χ0n) is 17.1. The minimum absolute atomic E-state index is 0.0485. The zero-order chi connectivity index (χ0) is 21.9. The Hall–Kier alpha value is -2.10. The molecule has 1 saturated heterocycles. The molecule has 2 heterocycles. The Labute approximate surface area is 172 Å². The first-order valence-electron chi connectivity index (χ1n) is 10.1. The lowest BCUT2D eigenvalue weighted by atomic mass is 9.87. The number of pyridine rings is 1. The van der Waals surface area contributed by atoms with E-state index in [1.165, 1.54) is 18.1 Å². The van der Waals surface area contributed by atoms with Gasteiger partial charge in [0.1, 0.15) is 6.10 Å². The second-order valence-electron chi connectivity index (χ2n) is 7.92. The molecule has 1 amide bonds. The maximum atomic E-state index is 14.6. The van der Waals surface area contributed by atoms with Crippen LogP contribution >= 0.6 is 0 Å². The van der Waals surface area contributed by atoms with Crippen LogP contribution in [0.3, 0.4) is 0 Å². The number of carbonyl (C=O) groups excluding carboxylic acids is 1. The predicted molar refractivity (Wildman–Crippen MR) is 101 cm³/mol. The maximum Gasteiger partial charge on any atom is 0.391 e. The van der Waals surface area contributed by atoms with Gasteiger partial charge in [0.05, 0.1) is 25.6 Å². The number of alkyl halides is 3. The molecule has 1 N–H and O–H groups in total. The number of amides is 1. The van der Waals surface area contributed by atoms with E-state index in [-0.39, 0.29) is 55.9 Å². The van der Waals surface area contributed by atoms with Gasteiger partial charge in [0.25, 0.3) is 5.88 Å². The van der Waals surface area contributed by atoms with E-state index in [4.69, 9.17) is 9.47 Å². The minimum Gasteiger partial charge on any atom is -0.481 e. The van der Waals surface area contributed by atoms with Crippen LogP contribution < -0.4 is 14.8 Å². The van der Waals surface area contributed by atoms with Crippen LogP contribution in [0.2, 0.25) is 0 Å². The van der Waals surface area contributed by atoms with E-state index in [0.29, 0.717) is 5.56 Å². The van der Waals surface area contributed by atoms with E-state index in [2.05, 4.69) is 10.3 Å². The van der Waals surface area contributed by atoms with E-state index >= 15 is 0 Å². The number of likely N-dealkylation sites (N-methyl/N-ethyl adjacent to an activating group) is 1. The molecule has 3 rings (SSSR count). The smallest absolute Gasteiger partial charge is 0.391 e. The van der Waals surface area contributed by atoms with E-state index in [0.717, 1.165) is 19.4 Å². The number of nitrogens with zero attached hydrogens (tertiary/aromatic N) is 2. The van der Waals surface area contributed by atoms with Gasteiger partial charge in [-0.2, -0.15) is 18.2 Å². The lowest BCUT2D eigenvalue weighted by molar-refractivity contribution is -0.185. The summed E-state index contributed by atoms with van der Waals surface area (Å²) in [5.74, 6) is -2.33. The molecule has 1 aliphatic carbocycles. The molecule has 1 aromatic rings. The molecule has 0 aromatic carbocycles.